The Labute approximate surface area is 116 Å². The summed E-state index contributed by atoms with van der Waals surface area (Å²) in [6.45, 7) is 4.86. The molecular formula is C12H18N4O4. The minimum absolute atomic E-state index is 0.0230. The number of nitrogens with zero attached hydrogens (tertiary/aromatic N) is 3. The van der Waals surface area contributed by atoms with Gasteiger partial charge < -0.3 is 15.0 Å². The van der Waals surface area contributed by atoms with E-state index in [0.29, 0.717) is 13.1 Å². The highest BCUT2D eigenvalue weighted by molar-refractivity contribution is 5.81. The van der Waals surface area contributed by atoms with E-state index in [1.54, 1.807) is 4.90 Å². The predicted octanol–water partition coefficient (Wildman–Crippen LogP) is 1.28. The van der Waals surface area contributed by atoms with Gasteiger partial charge in [0.2, 0.25) is 17.6 Å². The van der Waals surface area contributed by atoms with E-state index in [0.717, 1.165) is 0 Å². The second-order valence-electron chi connectivity index (χ2n) is 3.90. The van der Waals surface area contributed by atoms with Gasteiger partial charge in [0.05, 0.1) is 18.6 Å². The fourth-order valence-corrected chi connectivity index (χ4v) is 1.67. The zero-order valence-electron chi connectivity index (χ0n) is 11.8. The first-order chi connectivity index (χ1) is 9.53. The lowest BCUT2D eigenvalue weighted by molar-refractivity contribution is -0.384. The van der Waals surface area contributed by atoms with Crippen molar-refractivity contribution in [2.75, 3.05) is 32.1 Å². The maximum atomic E-state index is 11.8. The van der Waals surface area contributed by atoms with Crippen LogP contribution in [0.25, 0.3) is 0 Å². The maximum Gasteiger partial charge on any atom is 0.311 e. The Morgan fingerprint density at radius 2 is 2.10 bits per heavy atom. The second kappa shape index (κ2) is 7.27. The van der Waals surface area contributed by atoms with Gasteiger partial charge in [0.25, 0.3) is 0 Å². The van der Waals surface area contributed by atoms with Gasteiger partial charge in [-0.15, -0.1) is 0 Å². The van der Waals surface area contributed by atoms with Crippen LogP contribution in [0, 0.1) is 10.1 Å². The lowest BCUT2D eigenvalue weighted by Crippen LogP contribution is -2.35. The van der Waals surface area contributed by atoms with E-state index in [1.165, 1.54) is 19.2 Å². The van der Waals surface area contributed by atoms with E-state index in [-0.39, 0.29) is 29.8 Å². The van der Waals surface area contributed by atoms with Crippen LogP contribution in [0.3, 0.4) is 0 Å². The van der Waals surface area contributed by atoms with Gasteiger partial charge in [-0.25, -0.2) is 0 Å². The minimum Gasteiger partial charge on any atom is -0.481 e. The second-order valence-corrected chi connectivity index (χ2v) is 3.90. The first-order valence-electron chi connectivity index (χ1n) is 6.24. The van der Waals surface area contributed by atoms with Crippen molar-refractivity contribution in [1.82, 2.24) is 9.88 Å². The Morgan fingerprint density at radius 3 is 2.60 bits per heavy atom. The van der Waals surface area contributed by atoms with Crippen molar-refractivity contribution in [3.8, 4) is 5.88 Å². The van der Waals surface area contributed by atoms with Crippen LogP contribution < -0.4 is 10.1 Å². The van der Waals surface area contributed by atoms with Crippen LogP contribution in [0.4, 0.5) is 11.5 Å². The molecule has 1 aromatic heterocycles. The molecule has 1 amide bonds. The molecule has 0 spiro atoms. The maximum absolute atomic E-state index is 11.8. The molecule has 0 fully saturated rings. The molecule has 1 rings (SSSR count). The number of hydrogen-bond donors (Lipinski definition) is 1. The third-order valence-electron chi connectivity index (χ3n) is 2.78. The van der Waals surface area contributed by atoms with E-state index < -0.39 is 4.92 Å². The fourth-order valence-electron chi connectivity index (χ4n) is 1.67. The number of carbonyl (C=O) groups is 1. The first-order valence-corrected chi connectivity index (χ1v) is 6.24. The zero-order chi connectivity index (χ0) is 15.1. The van der Waals surface area contributed by atoms with E-state index in [9.17, 15) is 14.9 Å². The molecule has 8 nitrogen and oxygen atoms in total. The number of likely N-dealkylation sites (N-methyl/N-ethyl adjacent to an activating group) is 1. The number of methoxy groups -OCH3 is 1. The number of nitro groups is 1. The monoisotopic (exact) mass is 282 g/mol. The normalized spacial score (nSPS) is 9.95. The lowest BCUT2D eigenvalue weighted by atomic mass is 10.3. The molecule has 0 saturated heterocycles. The van der Waals surface area contributed by atoms with E-state index in [4.69, 9.17) is 4.74 Å². The summed E-state index contributed by atoms with van der Waals surface area (Å²) in [5, 5.41) is 13.6. The number of hydrogen-bond acceptors (Lipinski definition) is 6. The minimum atomic E-state index is -0.559. The first kappa shape index (κ1) is 15.7. The van der Waals surface area contributed by atoms with Crippen LogP contribution in [0.2, 0.25) is 0 Å². The van der Waals surface area contributed by atoms with E-state index >= 15 is 0 Å². The Hall–Kier alpha value is -2.38. The molecule has 0 aliphatic rings. The summed E-state index contributed by atoms with van der Waals surface area (Å²) in [4.78, 5) is 27.8. The highest BCUT2D eigenvalue weighted by Crippen LogP contribution is 2.24. The summed E-state index contributed by atoms with van der Waals surface area (Å²) in [6, 6.07) is 2.69. The van der Waals surface area contributed by atoms with Crippen LogP contribution in [0.1, 0.15) is 13.8 Å². The predicted molar refractivity (Wildman–Crippen MR) is 73.9 cm³/mol. The van der Waals surface area contributed by atoms with Gasteiger partial charge in [-0.05, 0) is 13.8 Å². The molecule has 1 aromatic rings. The van der Waals surface area contributed by atoms with Crippen LogP contribution in [-0.2, 0) is 4.79 Å². The molecule has 1 heterocycles. The molecule has 1 N–H and O–H groups in total. The highest BCUT2D eigenvalue weighted by atomic mass is 16.6. The van der Waals surface area contributed by atoms with Crippen molar-refractivity contribution in [3.05, 3.63) is 22.2 Å². The molecule has 0 aliphatic heterocycles. The van der Waals surface area contributed by atoms with Gasteiger partial charge in [-0.2, -0.15) is 4.98 Å². The number of anilines is 1. The third-order valence-corrected chi connectivity index (χ3v) is 2.78. The van der Waals surface area contributed by atoms with Crippen molar-refractivity contribution in [1.29, 1.82) is 0 Å². The van der Waals surface area contributed by atoms with Crippen molar-refractivity contribution >= 4 is 17.4 Å². The molecule has 0 radical (unpaired) electrons. The van der Waals surface area contributed by atoms with Gasteiger partial charge in [-0.1, -0.05) is 0 Å². The van der Waals surface area contributed by atoms with Crippen LogP contribution >= 0.6 is 0 Å². The lowest BCUT2D eigenvalue weighted by Gasteiger charge is -2.18. The van der Waals surface area contributed by atoms with Crippen molar-refractivity contribution in [2.24, 2.45) is 0 Å². The van der Waals surface area contributed by atoms with Crippen LogP contribution in [-0.4, -0.2) is 47.5 Å². The van der Waals surface area contributed by atoms with Crippen molar-refractivity contribution in [3.63, 3.8) is 0 Å². The third kappa shape index (κ3) is 3.81. The summed E-state index contributed by atoms with van der Waals surface area (Å²) in [5.41, 5.74) is -0.196. The Bertz CT molecular complexity index is 488. The average Bonchev–Trinajstić information content (AvgIpc) is 2.45. The summed E-state index contributed by atoms with van der Waals surface area (Å²) >= 11 is 0. The van der Waals surface area contributed by atoms with Gasteiger partial charge in [0.1, 0.15) is 0 Å². The molecule has 0 atom stereocenters. The topological polar surface area (TPSA) is 97.6 Å². The smallest absolute Gasteiger partial charge is 0.311 e. The van der Waals surface area contributed by atoms with Gasteiger partial charge >= 0.3 is 5.69 Å². The molecule has 8 heteroatoms. The van der Waals surface area contributed by atoms with E-state index in [2.05, 4.69) is 10.3 Å². The number of rotatable bonds is 7. The molecule has 0 aromatic carbocycles. The molecule has 0 bridgehead atoms. The summed E-state index contributed by atoms with van der Waals surface area (Å²) in [6.07, 6.45) is 0. The molecule has 0 aliphatic carbocycles. The van der Waals surface area contributed by atoms with Crippen molar-refractivity contribution < 1.29 is 14.5 Å². The Kier molecular flexibility index (Phi) is 5.70. The zero-order valence-corrected chi connectivity index (χ0v) is 11.8. The Balaban J connectivity index is 2.85. The van der Waals surface area contributed by atoms with Gasteiger partial charge in [0, 0.05) is 25.2 Å². The fraction of sp³-hybridized carbons (Fsp3) is 0.500. The average molecular weight is 282 g/mol. The van der Waals surface area contributed by atoms with Gasteiger partial charge in [-0.3, -0.25) is 14.9 Å². The summed E-state index contributed by atoms with van der Waals surface area (Å²) in [7, 11) is 1.42. The summed E-state index contributed by atoms with van der Waals surface area (Å²) < 4.78 is 4.92. The molecule has 20 heavy (non-hydrogen) atoms. The SMILES string of the molecule is CCN(CC)C(=O)CNc1nc(OC)ccc1[N+](=O)[O-]. The molecule has 0 saturated carbocycles. The molecule has 0 unspecified atom stereocenters. The largest absolute Gasteiger partial charge is 0.481 e. The number of nitrogens with one attached hydrogen (secondary N) is 1. The quantitative estimate of drug-likeness (QED) is 0.597. The van der Waals surface area contributed by atoms with Crippen LogP contribution in [0.15, 0.2) is 12.1 Å². The van der Waals surface area contributed by atoms with Crippen LogP contribution in [0.5, 0.6) is 5.88 Å². The molecular weight excluding hydrogens is 264 g/mol. The number of pyridine rings is 1. The Morgan fingerprint density at radius 1 is 1.45 bits per heavy atom. The summed E-state index contributed by atoms with van der Waals surface area (Å²) in [5.74, 6) is 0.122. The van der Waals surface area contributed by atoms with Gasteiger partial charge in [0.15, 0.2) is 0 Å². The number of amides is 1. The number of aromatic nitrogens is 1. The van der Waals surface area contributed by atoms with Crippen molar-refractivity contribution in [2.45, 2.75) is 13.8 Å². The van der Waals surface area contributed by atoms with E-state index in [1.807, 2.05) is 13.8 Å². The number of carbonyl (C=O) groups excluding carboxylic acids is 1. The standard InChI is InChI=1S/C12H18N4O4/c1-4-15(5-2)11(17)8-13-12-9(16(18)19)6-7-10(14-12)20-3/h6-7H,4-5,8H2,1-3H3,(H,13,14). The highest BCUT2D eigenvalue weighted by Gasteiger charge is 2.18. The number of ether oxygens (including phenoxy) is 1. The molecule has 110 valence electrons.